The lowest BCUT2D eigenvalue weighted by molar-refractivity contribution is -0.117. The fraction of sp³-hybridized carbons (Fsp3) is 0.222. The lowest BCUT2D eigenvalue weighted by Crippen LogP contribution is -2.23. The second-order valence-electron chi connectivity index (χ2n) is 3.16. The van der Waals surface area contributed by atoms with Crippen molar-refractivity contribution in [3.8, 4) is 0 Å². The monoisotopic (exact) mass is 216 g/mol. The van der Waals surface area contributed by atoms with Gasteiger partial charge in [-0.25, -0.2) is 13.2 Å². The molecule has 0 bridgehead atoms. The van der Waals surface area contributed by atoms with Crippen LogP contribution in [0.3, 0.4) is 0 Å². The molecular weight excluding hydrogens is 209 g/mol. The van der Waals surface area contributed by atoms with Crippen LogP contribution in [-0.4, -0.2) is 13.0 Å². The molecule has 80 valence electrons. The highest BCUT2D eigenvalue weighted by atomic mass is 19.2. The van der Waals surface area contributed by atoms with Crippen molar-refractivity contribution in [3.63, 3.8) is 0 Å². The van der Waals surface area contributed by atoms with E-state index in [1.54, 1.807) is 0 Å². The minimum atomic E-state index is -1.58. The summed E-state index contributed by atoms with van der Waals surface area (Å²) in [6.07, 6.45) is 0. The Balaban J connectivity index is 2.64. The normalized spacial score (nSPS) is 18.9. The van der Waals surface area contributed by atoms with Crippen LogP contribution < -0.4 is 10.6 Å². The number of benzene rings is 1. The maximum absolute atomic E-state index is 13.2. The zero-order valence-corrected chi connectivity index (χ0v) is 7.70. The van der Waals surface area contributed by atoms with Crippen LogP contribution in [0.25, 0.3) is 0 Å². The van der Waals surface area contributed by atoms with Gasteiger partial charge in [-0.05, 0) is 13.1 Å². The topological polar surface area (TPSA) is 41.1 Å². The summed E-state index contributed by atoms with van der Waals surface area (Å²) in [6, 6.07) is -0.0306. The predicted molar refractivity (Wildman–Crippen MR) is 46.7 cm³/mol. The fourth-order valence-corrected chi connectivity index (χ4v) is 1.59. The standard InChI is InChI=1S/C9H7F3N2O/c1-13-8-3-2-4(10)5(11)6(12)7(3)14-9(8)15/h2,8,13H,1H3,(H,14,15). The quantitative estimate of drug-likeness (QED) is 0.695. The summed E-state index contributed by atoms with van der Waals surface area (Å²) < 4.78 is 38.9. The van der Waals surface area contributed by atoms with Crippen LogP contribution >= 0.6 is 0 Å². The summed E-state index contributed by atoms with van der Waals surface area (Å²) in [5.74, 6) is -4.78. The molecule has 2 rings (SSSR count). The minimum Gasteiger partial charge on any atom is -0.322 e. The van der Waals surface area contributed by atoms with Crippen molar-refractivity contribution < 1.29 is 18.0 Å². The molecule has 6 heteroatoms. The molecule has 0 aliphatic carbocycles. The van der Waals surface area contributed by atoms with E-state index in [1.165, 1.54) is 7.05 Å². The molecule has 1 aromatic rings. The number of halogens is 3. The summed E-state index contributed by atoms with van der Waals surface area (Å²) in [4.78, 5) is 11.3. The van der Waals surface area contributed by atoms with Crippen LogP contribution in [0.2, 0.25) is 0 Å². The fourth-order valence-electron chi connectivity index (χ4n) is 1.59. The highest BCUT2D eigenvalue weighted by molar-refractivity contribution is 6.02. The van der Waals surface area contributed by atoms with Crippen molar-refractivity contribution in [3.05, 3.63) is 29.1 Å². The number of hydrogen-bond acceptors (Lipinski definition) is 2. The molecule has 2 N–H and O–H groups in total. The van der Waals surface area contributed by atoms with Gasteiger partial charge in [0.05, 0.1) is 5.69 Å². The first kappa shape index (κ1) is 9.97. The first-order valence-electron chi connectivity index (χ1n) is 4.21. The average Bonchev–Trinajstić information content (AvgIpc) is 2.51. The van der Waals surface area contributed by atoms with E-state index >= 15 is 0 Å². The molecule has 3 nitrogen and oxygen atoms in total. The number of amides is 1. The van der Waals surface area contributed by atoms with Crippen LogP contribution in [0, 0.1) is 17.5 Å². The number of carbonyl (C=O) groups is 1. The molecule has 0 saturated heterocycles. The molecule has 1 aromatic carbocycles. The highest BCUT2D eigenvalue weighted by Crippen LogP contribution is 2.34. The molecule has 1 aliphatic rings. The van der Waals surface area contributed by atoms with Crippen molar-refractivity contribution in [2.75, 3.05) is 12.4 Å². The van der Waals surface area contributed by atoms with E-state index in [-0.39, 0.29) is 11.3 Å². The first-order chi connectivity index (χ1) is 7.06. The molecule has 1 heterocycles. The second kappa shape index (κ2) is 3.23. The number of hydrogen-bond donors (Lipinski definition) is 2. The molecule has 0 spiro atoms. The molecule has 1 unspecified atom stereocenters. The third-order valence-corrected chi connectivity index (χ3v) is 2.30. The van der Waals surface area contributed by atoms with Crippen LogP contribution in [0.5, 0.6) is 0 Å². The van der Waals surface area contributed by atoms with Gasteiger partial charge in [0.25, 0.3) is 0 Å². The zero-order valence-electron chi connectivity index (χ0n) is 7.70. The second-order valence-corrected chi connectivity index (χ2v) is 3.16. The third-order valence-electron chi connectivity index (χ3n) is 2.30. The Morgan fingerprint density at radius 2 is 2.00 bits per heavy atom. The van der Waals surface area contributed by atoms with Gasteiger partial charge in [0.2, 0.25) is 5.91 Å². The lowest BCUT2D eigenvalue weighted by Gasteiger charge is -2.06. The lowest BCUT2D eigenvalue weighted by atomic mass is 10.1. The molecule has 0 radical (unpaired) electrons. The van der Waals surface area contributed by atoms with Gasteiger partial charge in [0.1, 0.15) is 6.04 Å². The van der Waals surface area contributed by atoms with E-state index in [0.29, 0.717) is 0 Å². The van der Waals surface area contributed by atoms with Gasteiger partial charge >= 0.3 is 0 Å². The highest BCUT2D eigenvalue weighted by Gasteiger charge is 2.34. The molecule has 1 atom stereocenters. The summed E-state index contributed by atoms with van der Waals surface area (Å²) in [5.41, 5.74) is -0.211. The third kappa shape index (κ3) is 1.29. The van der Waals surface area contributed by atoms with Crippen LogP contribution in [0.1, 0.15) is 11.6 Å². The maximum atomic E-state index is 13.2. The number of carbonyl (C=O) groups excluding carboxylic acids is 1. The predicted octanol–water partition coefficient (Wildman–Crippen LogP) is 1.32. The van der Waals surface area contributed by atoms with Gasteiger partial charge in [-0.2, -0.15) is 0 Å². The smallest absolute Gasteiger partial charge is 0.246 e. The van der Waals surface area contributed by atoms with Crippen LogP contribution in [0.4, 0.5) is 18.9 Å². The van der Waals surface area contributed by atoms with Gasteiger partial charge in [-0.15, -0.1) is 0 Å². The Hall–Kier alpha value is -1.56. The van der Waals surface area contributed by atoms with Gasteiger partial charge in [0.15, 0.2) is 17.5 Å². The first-order valence-corrected chi connectivity index (χ1v) is 4.21. The molecule has 1 aliphatic heterocycles. The number of likely N-dealkylation sites (N-methyl/N-ethyl adjacent to an activating group) is 1. The van der Waals surface area contributed by atoms with Gasteiger partial charge < -0.3 is 10.6 Å². The molecule has 15 heavy (non-hydrogen) atoms. The van der Waals surface area contributed by atoms with E-state index in [4.69, 9.17) is 0 Å². The van der Waals surface area contributed by atoms with Crippen molar-refractivity contribution in [2.24, 2.45) is 0 Å². The van der Waals surface area contributed by atoms with Crippen LogP contribution in [0.15, 0.2) is 6.07 Å². The number of rotatable bonds is 1. The minimum absolute atomic E-state index is 0.0823. The molecule has 0 fully saturated rings. The van der Waals surface area contributed by atoms with E-state index in [9.17, 15) is 18.0 Å². The molecule has 0 aromatic heterocycles. The van der Waals surface area contributed by atoms with E-state index < -0.39 is 29.4 Å². The van der Waals surface area contributed by atoms with Gasteiger partial charge in [-0.3, -0.25) is 4.79 Å². The SMILES string of the molecule is CNC1C(=O)Nc2c1cc(F)c(F)c2F. The molecule has 0 saturated carbocycles. The van der Waals surface area contributed by atoms with Crippen molar-refractivity contribution >= 4 is 11.6 Å². The number of nitrogens with one attached hydrogen (secondary N) is 2. The zero-order chi connectivity index (χ0) is 11.2. The van der Waals surface area contributed by atoms with E-state index in [2.05, 4.69) is 10.6 Å². The Morgan fingerprint density at radius 1 is 1.33 bits per heavy atom. The average molecular weight is 216 g/mol. The van der Waals surface area contributed by atoms with Crippen LogP contribution in [-0.2, 0) is 4.79 Å². The Morgan fingerprint density at radius 3 is 2.60 bits per heavy atom. The Labute approximate surface area is 83.3 Å². The van der Waals surface area contributed by atoms with Gasteiger partial charge in [0, 0.05) is 5.56 Å². The molecular formula is C9H7F3N2O. The van der Waals surface area contributed by atoms with Crippen molar-refractivity contribution in [1.29, 1.82) is 0 Å². The van der Waals surface area contributed by atoms with E-state index in [0.717, 1.165) is 6.07 Å². The van der Waals surface area contributed by atoms with Crippen molar-refractivity contribution in [1.82, 2.24) is 5.32 Å². The molecule has 1 amide bonds. The van der Waals surface area contributed by atoms with Crippen molar-refractivity contribution in [2.45, 2.75) is 6.04 Å². The Bertz CT molecular complexity index is 447. The summed E-state index contributed by atoms with van der Waals surface area (Å²) in [5, 5.41) is 4.73. The van der Waals surface area contributed by atoms with E-state index in [1.807, 2.05) is 0 Å². The summed E-state index contributed by atoms with van der Waals surface area (Å²) in [7, 11) is 1.47. The largest absolute Gasteiger partial charge is 0.322 e. The van der Waals surface area contributed by atoms with Gasteiger partial charge in [-0.1, -0.05) is 0 Å². The number of anilines is 1. The summed E-state index contributed by atoms with van der Waals surface area (Å²) >= 11 is 0. The number of fused-ring (bicyclic) bond motifs is 1. The summed E-state index contributed by atoms with van der Waals surface area (Å²) in [6.45, 7) is 0. The Kier molecular flexibility index (Phi) is 2.15. The maximum Gasteiger partial charge on any atom is 0.246 e.